The molecule has 0 bridgehead atoms. The molecule has 1 N–H and O–H groups in total. The molecular weight excluding hydrogens is 304 g/mol. The van der Waals surface area contributed by atoms with Crippen molar-refractivity contribution in [3.05, 3.63) is 47.8 Å². The zero-order valence-corrected chi connectivity index (χ0v) is 14.4. The van der Waals surface area contributed by atoms with E-state index in [-0.39, 0.29) is 12.1 Å². The molecule has 1 aromatic heterocycles. The highest BCUT2D eigenvalue weighted by Gasteiger charge is 2.32. The second-order valence-electron chi connectivity index (χ2n) is 6.40. The summed E-state index contributed by atoms with van der Waals surface area (Å²) in [5.41, 5.74) is 2.21. The Balaban J connectivity index is 1.77. The van der Waals surface area contributed by atoms with E-state index in [1.165, 1.54) is 0 Å². The van der Waals surface area contributed by atoms with Gasteiger partial charge in [0.2, 0.25) is 5.95 Å². The maximum atomic E-state index is 10.1. The Morgan fingerprint density at radius 1 is 1.29 bits per heavy atom. The SMILES string of the molecule is COc1cccc([C@H]2C[C@@H](O)CN2Cc2cnc(N(C)C)nc2)c1. The Hall–Kier alpha value is -2.18. The molecule has 1 aromatic carbocycles. The molecule has 2 atom stereocenters. The maximum absolute atomic E-state index is 10.1. The molecule has 0 unspecified atom stereocenters. The highest BCUT2D eigenvalue weighted by atomic mass is 16.5. The van der Waals surface area contributed by atoms with Crippen molar-refractivity contribution < 1.29 is 9.84 Å². The molecule has 2 heterocycles. The van der Waals surface area contributed by atoms with Gasteiger partial charge in [-0.1, -0.05) is 12.1 Å². The van der Waals surface area contributed by atoms with Gasteiger partial charge in [-0.3, -0.25) is 4.90 Å². The molecule has 1 fully saturated rings. The molecule has 1 aliphatic heterocycles. The second kappa shape index (κ2) is 7.15. The quantitative estimate of drug-likeness (QED) is 0.904. The first kappa shape index (κ1) is 16.7. The van der Waals surface area contributed by atoms with Gasteiger partial charge < -0.3 is 14.7 Å². The van der Waals surface area contributed by atoms with Crippen LogP contribution in [-0.2, 0) is 6.54 Å². The zero-order chi connectivity index (χ0) is 17.1. The number of rotatable bonds is 5. The normalized spacial score (nSPS) is 21.0. The lowest BCUT2D eigenvalue weighted by Gasteiger charge is -2.24. The Bertz CT molecular complexity index is 675. The first-order chi connectivity index (χ1) is 11.6. The Labute approximate surface area is 142 Å². The van der Waals surface area contributed by atoms with E-state index in [9.17, 15) is 5.11 Å². The number of hydrogen-bond donors (Lipinski definition) is 1. The number of hydrogen-bond acceptors (Lipinski definition) is 6. The van der Waals surface area contributed by atoms with Gasteiger partial charge >= 0.3 is 0 Å². The van der Waals surface area contributed by atoms with Crippen molar-refractivity contribution in [3.63, 3.8) is 0 Å². The number of aliphatic hydroxyl groups excluding tert-OH is 1. The van der Waals surface area contributed by atoms with E-state index in [2.05, 4.69) is 20.9 Å². The van der Waals surface area contributed by atoms with Crippen LogP contribution in [0.4, 0.5) is 5.95 Å². The average molecular weight is 328 g/mol. The van der Waals surface area contributed by atoms with Crippen LogP contribution in [-0.4, -0.2) is 53.8 Å². The van der Waals surface area contributed by atoms with Crippen molar-refractivity contribution in [2.45, 2.75) is 25.1 Å². The van der Waals surface area contributed by atoms with E-state index >= 15 is 0 Å². The molecule has 0 radical (unpaired) electrons. The minimum absolute atomic E-state index is 0.170. The highest BCUT2D eigenvalue weighted by molar-refractivity contribution is 5.32. The lowest BCUT2D eigenvalue weighted by Crippen LogP contribution is -2.24. The minimum Gasteiger partial charge on any atom is -0.497 e. The van der Waals surface area contributed by atoms with Crippen molar-refractivity contribution in [1.82, 2.24) is 14.9 Å². The number of aliphatic hydroxyl groups is 1. The molecule has 6 heteroatoms. The van der Waals surface area contributed by atoms with E-state index in [1.807, 2.05) is 49.6 Å². The number of benzene rings is 1. The third-order valence-corrected chi connectivity index (χ3v) is 4.34. The largest absolute Gasteiger partial charge is 0.497 e. The van der Waals surface area contributed by atoms with Gasteiger partial charge in [0.1, 0.15) is 5.75 Å². The second-order valence-corrected chi connectivity index (χ2v) is 6.40. The van der Waals surface area contributed by atoms with E-state index in [0.29, 0.717) is 19.0 Å². The van der Waals surface area contributed by atoms with Gasteiger partial charge in [0, 0.05) is 51.2 Å². The first-order valence-corrected chi connectivity index (χ1v) is 8.11. The Kier molecular flexibility index (Phi) is 4.97. The van der Waals surface area contributed by atoms with Crippen LogP contribution in [0, 0.1) is 0 Å². The molecular formula is C18H24N4O2. The summed E-state index contributed by atoms with van der Waals surface area (Å²) in [5.74, 6) is 1.54. The smallest absolute Gasteiger partial charge is 0.224 e. The lowest BCUT2D eigenvalue weighted by atomic mass is 10.0. The Morgan fingerprint density at radius 2 is 2.04 bits per heavy atom. The number of β-amino-alcohol motifs (C(OH)–C–C–N with tert-alkyl or cyclic N) is 1. The summed E-state index contributed by atoms with van der Waals surface area (Å²) in [6.07, 6.45) is 4.12. The van der Waals surface area contributed by atoms with E-state index in [0.717, 1.165) is 23.3 Å². The van der Waals surface area contributed by atoms with Crippen LogP contribution in [0.25, 0.3) is 0 Å². The molecule has 0 spiro atoms. The summed E-state index contributed by atoms with van der Waals surface area (Å²) in [7, 11) is 5.51. The fourth-order valence-electron chi connectivity index (χ4n) is 3.14. The number of likely N-dealkylation sites (tertiary alicyclic amines) is 1. The molecule has 0 amide bonds. The van der Waals surface area contributed by atoms with Crippen LogP contribution in [0.15, 0.2) is 36.7 Å². The van der Waals surface area contributed by atoms with E-state index < -0.39 is 0 Å². The maximum Gasteiger partial charge on any atom is 0.224 e. The van der Waals surface area contributed by atoms with Crippen molar-refractivity contribution in [1.29, 1.82) is 0 Å². The van der Waals surface area contributed by atoms with E-state index in [4.69, 9.17) is 4.74 Å². The topological polar surface area (TPSA) is 61.7 Å². The van der Waals surface area contributed by atoms with Crippen molar-refractivity contribution in [2.75, 3.05) is 32.6 Å². The number of nitrogens with zero attached hydrogens (tertiary/aromatic N) is 4. The molecule has 0 aliphatic carbocycles. The van der Waals surface area contributed by atoms with Gasteiger partial charge in [0.25, 0.3) is 0 Å². The van der Waals surface area contributed by atoms with Crippen LogP contribution < -0.4 is 9.64 Å². The minimum atomic E-state index is -0.317. The van der Waals surface area contributed by atoms with Gasteiger partial charge in [-0.05, 0) is 24.1 Å². The van der Waals surface area contributed by atoms with Crippen LogP contribution in [0.2, 0.25) is 0 Å². The molecule has 2 aromatic rings. The fourth-order valence-corrected chi connectivity index (χ4v) is 3.14. The summed E-state index contributed by atoms with van der Waals surface area (Å²) >= 11 is 0. The van der Waals surface area contributed by atoms with Crippen molar-refractivity contribution in [3.8, 4) is 5.75 Å². The average Bonchev–Trinajstić information content (AvgIpc) is 2.96. The number of ether oxygens (including phenoxy) is 1. The highest BCUT2D eigenvalue weighted by Crippen LogP contribution is 2.34. The molecule has 1 aliphatic rings. The summed E-state index contributed by atoms with van der Waals surface area (Å²) in [6, 6.07) is 8.23. The summed E-state index contributed by atoms with van der Waals surface area (Å²) in [4.78, 5) is 12.9. The summed E-state index contributed by atoms with van der Waals surface area (Å²) < 4.78 is 5.32. The fraction of sp³-hybridized carbons (Fsp3) is 0.444. The van der Waals surface area contributed by atoms with Crippen LogP contribution in [0.1, 0.15) is 23.6 Å². The van der Waals surface area contributed by atoms with Crippen LogP contribution >= 0.6 is 0 Å². The molecule has 6 nitrogen and oxygen atoms in total. The van der Waals surface area contributed by atoms with Crippen molar-refractivity contribution >= 4 is 5.95 Å². The third kappa shape index (κ3) is 3.66. The number of anilines is 1. The van der Waals surface area contributed by atoms with Gasteiger partial charge in [0.05, 0.1) is 13.2 Å². The predicted octanol–water partition coefficient (Wildman–Crippen LogP) is 1.86. The van der Waals surface area contributed by atoms with Crippen LogP contribution in [0.3, 0.4) is 0 Å². The van der Waals surface area contributed by atoms with Gasteiger partial charge in [-0.15, -0.1) is 0 Å². The number of methoxy groups -OCH3 is 1. The lowest BCUT2D eigenvalue weighted by molar-refractivity contribution is 0.172. The van der Waals surface area contributed by atoms with Crippen LogP contribution in [0.5, 0.6) is 5.75 Å². The third-order valence-electron chi connectivity index (χ3n) is 4.34. The van der Waals surface area contributed by atoms with Gasteiger partial charge in [-0.2, -0.15) is 0 Å². The molecule has 1 saturated heterocycles. The van der Waals surface area contributed by atoms with E-state index in [1.54, 1.807) is 7.11 Å². The monoisotopic (exact) mass is 328 g/mol. The molecule has 3 rings (SSSR count). The molecule has 0 saturated carbocycles. The van der Waals surface area contributed by atoms with Gasteiger partial charge in [-0.25, -0.2) is 9.97 Å². The zero-order valence-electron chi connectivity index (χ0n) is 14.4. The Morgan fingerprint density at radius 3 is 2.71 bits per heavy atom. The number of aromatic nitrogens is 2. The summed E-state index contributed by atoms with van der Waals surface area (Å²) in [5, 5.41) is 10.1. The molecule has 24 heavy (non-hydrogen) atoms. The molecule has 128 valence electrons. The summed E-state index contributed by atoms with van der Waals surface area (Å²) in [6.45, 7) is 1.37. The first-order valence-electron chi connectivity index (χ1n) is 8.11. The standard InChI is InChI=1S/C18H24N4O2/c1-21(2)18-19-9-13(10-20-18)11-22-12-15(23)8-17(22)14-5-4-6-16(7-14)24-3/h4-7,9-10,15,17,23H,8,11-12H2,1-3H3/t15-,17-/m1/s1. The van der Waals surface area contributed by atoms with Gasteiger partial charge in [0.15, 0.2) is 0 Å². The predicted molar refractivity (Wildman–Crippen MR) is 93.1 cm³/mol. The van der Waals surface area contributed by atoms with Crippen molar-refractivity contribution in [2.24, 2.45) is 0 Å².